The molecule has 0 radical (unpaired) electrons. The van der Waals surface area contributed by atoms with E-state index in [1.807, 2.05) is 30.3 Å². The van der Waals surface area contributed by atoms with Gasteiger partial charge in [-0.05, 0) is 12.1 Å². The smallest absolute Gasteiger partial charge is 0.196 e. The number of hydrogen-bond acceptors (Lipinski definition) is 5. The Bertz CT molecular complexity index is 1170. The second-order valence-electron chi connectivity index (χ2n) is 8.64. The quantitative estimate of drug-likeness (QED) is 0.244. The maximum Gasteiger partial charge on any atom is 0.196 e. The fourth-order valence-corrected chi connectivity index (χ4v) is 3.62. The fourth-order valence-electron chi connectivity index (χ4n) is 3.62. The molecule has 0 heterocycles. The number of carbonyl (C=O) groups is 2. The zero-order valence-corrected chi connectivity index (χ0v) is 20.1. The first-order chi connectivity index (χ1) is 15.8. The summed E-state index contributed by atoms with van der Waals surface area (Å²) in [5, 5.41) is 3.28. The molecule has 0 aromatic heterocycles. The Balaban J connectivity index is 0.00000149. The molecule has 7 heteroatoms. The highest BCUT2D eigenvalue weighted by molar-refractivity contribution is 6.32. The largest absolute Gasteiger partial charge is 0.485 e. The highest BCUT2D eigenvalue weighted by Gasteiger charge is 2.35. The Hall–Kier alpha value is -3.35. The first-order valence-electron chi connectivity index (χ1n) is 10.5. The molecule has 3 aromatic carbocycles. The molecule has 0 saturated heterocycles. The van der Waals surface area contributed by atoms with Crippen molar-refractivity contribution in [1.29, 1.82) is 0 Å². The van der Waals surface area contributed by atoms with E-state index < -0.39 is 0 Å². The van der Waals surface area contributed by atoms with Crippen molar-refractivity contribution in [3.05, 3.63) is 82.9 Å². The Morgan fingerprint density at radius 3 is 2.00 bits per heavy atom. The van der Waals surface area contributed by atoms with Gasteiger partial charge < -0.3 is 20.3 Å². The van der Waals surface area contributed by atoms with Crippen LogP contribution in [0.2, 0.25) is 0 Å². The average Bonchev–Trinajstić information content (AvgIpc) is 2.80. The van der Waals surface area contributed by atoms with Gasteiger partial charge in [-0.1, -0.05) is 42.5 Å². The van der Waals surface area contributed by atoms with Crippen molar-refractivity contribution in [2.24, 2.45) is 0 Å². The Morgan fingerprint density at radius 2 is 1.42 bits per heavy atom. The SMILES string of the molecule is CCl.C[N+](C)(C)CCOc1cc(Nc2ccccc2)c2c(c1N)C(=O)c1ccccc1C2=O. The van der Waals surface area contributed by atoms with Crippen LogP contribution in [0.3, 0.4) is 0 Å². The van der Waals surface area contributed by atoms with Gasteiger partial charge in [-0.2, -0.15) is 0 Å². The van der Waals surface area contributed by atoms with E-state index in [1.54, 1.807) is 30.3 Å². The van der Waals surface area contributed by atoms with E-state index in [2.05, 4.69) is 38.1 Å². The standard InChI is InChI=1S/C25H25N3O3.CH3Cl/c1-28(2,3)13-14-31-20-15-19(27-16-9-5-4-6-10-16)21-22(23(20)26)25(30)18-12-8-7-11-17(18)24(21)29;1-2/h4-12,15H,13-14H2,1-3H3,(H2-,26,27,29,30);1H3/p+1. The maximum absolute atomic E-state index is 13.4. The van der Waals surface area contributed by atoms with E-state index in [4.69, 9.17) is 10.5 Å². The minimum atomic E-state index is -0.268. The van der Waals surface area contributed by atoms with Crippen LogP contribution in [0.4, 0.5) is 17.1 Å². The van der Waals surface area contributed by atoms with Gasteiger partial charge in [0.05, 0.1) is 43.6 Å². The second-order valence-corrected chi connectivity index (χ2v) is 8.64. The van der Waals surface area contributed by atoms with Crippen LogP contribution in [-0.4, -0.2) is 56.7 Å². The van der Waals surface area contributed by atoms with E-state index >= 15 is 0 Å². The van der Waals surface area contributed by atoms with Crippen LogP contribution in [0.1, 0.15) is 31.8 Å². The van der Waals surface area contributed by atoms with Crippen LogP contribution >= 0.6 is 11.6 Å². The number of ketones is 2. The highest BCUT2D eigenvalue weighted by atomic mass is 35.5. The lowest BCUT2D eigenvalue weighted by Gasteiger charge is -2.26. The predicted octanol–water partition coefficient (Wildman–Crippen LogP) is 4.73. The van der Waals surface area contributed by atoms with E-state index in [0.717, 1.165) is 16.7 Å². The summed E-state index contributed by atoms with van der Waals surface area (Å²) in [7, 11) is 6.21. The molecule has 0 atom stereocenters. The van der Waals surface area contributed by atoms with Crippen LogP contribution in [0.5, 0.6) is 5.75 Å². The van der Waals surface area contributed by atoms with Crippen LogP contribution in [0.15, 0.2) is 60.7 Å². The molecule has 4 rings (SSSR count). The van der Waals surface area contributed by atoms with Gasteiger partial charge in [0.1, 0.15) is 18.9 Å². The predicted molar refractivity (Wildman–Crippen MR) is 134 cm³/mol. The first kappa shape index (κ1) is 24.3. The summed E-state index contributed by atoms with van der Waals surface area (Å²) in [4.78, 5) is 26.7. The van der Waals surface area contributed by atoms with Crippen LogP contribution < -0.4 is 15.8 Å². The van der Waals surface area contributed by atoms with Crippen molar-refractivity contribution in [1.82, 2.24) is 0 Å². The number of hydrogen-bond donors (Lipinski definition) is 2. The third-order valence-electron chi connectivity index (χ3n) is 5.27. The number of para-hydroxylation sites is 1. The molecule has 0 saturated carbocycles. The number of likely N-dealkylation sites (N-methyl/N-ethyl adjacent to an activating group) is 1. The molecule has 6 nitrogen and oxygen atoms in total. The van der Waals surface area contributed by atoms with Gasteiger partial charge in [-0.3, -0.25) is 9.59 Å². The number of nitrogen functional groups attached to an aromatic ring is 1. The number of fused-ring (bicyclic) bond motifs is 2. The lowest BCUT2D eigenvalue weighted by molar-refractivity contribution is -0.870. The van der Waals surface area contributed by atoms with Crippen molar-refractivity contribution in [3.8, 4) is 5.75 Å². The van der Waals surface area contributed by atoms with E-state index in [0.29, 0.717) is 29.2 Å². The summed E-state index contributed by atoms with van der Waals surface area (Å²) in [6.45, 7) is 1.18. The van der Waals surface area contributed by atoms with Crippen molar-refractivity contribution in [2.45, 2.75) is 0 Å². The van der Waals surface area contributed by atoms with Crippen LogP contribution in [0.25, 0.3) is 0 Å². The Labute approximate surface area is 199 Å². The van der Waals surface area contributed by atoms with Gasteiger partial charge in [-0.15, -0.1) is 11.6 Å². The molecular formula is C26H29ClN3O3+. The zero-order chi connectivity index (χ0) is 24.2. The molecule has 0 unspecified atom stereocenters. The van der Waals surface area contributed by atoms with Gasteiger partial charge in [0, 0.05) is 29.3 Å². The Kier molecular flexibility index (Phi) is 7.41. The van der Waals surface area contributed by atoms with E-state index in [1.165, 1.54) is 6.38 Å². The normalized spacial score (nSPS) is 12.3. The van der Waals surface area contributed by atoms with Crippen LogP contribution in [0, 0.1) is 0 Å². The number of nitrogens with two attached hydrogens (primary N) is 1. The summed E-state index contributed by atoms with van der Waals surface area (Å²) in [5.41, 5.74) is 9.12. The number of anilines is 3. The number of nitrogens with zero attached hydrogens (tertiary/aromatic N) is 1. The third-order valence-corrected chi connectivity index (χ3v) is 5.27. The molecule has 0 aliphatic heterocycles. The zero-order valence-electron chi connectivity index (χ0n) is 19.3. The lowest BCUT2D eigenvalue weighted by Crippen LogP contribution is -2.38. The summed E-state index contributed by atoms with van der Waals surface area (Å²) >= 11 is 4.64. The molecule has 0 bridgehead atoms. The number of carbonyl (C=O) groups excluding carboxylic acids is 2. The number of ether oxygens (including phenoxy) is 1. The molecule has 0 spiro atoms. The minimum Gasteiger partial charge on any atom is -0.485 e. The van der Waals surface area contributed by atoms with E-state index in [9.17, 15) is 9.59 Å². The summed E-state index contributed by atoms with van der Waals surface area (Å²) in [5.74, 6) is -0.102. The number of alkyl halides is 1. The topological polar surface area (TPSA) is 81.4 Å². The van der Waals surface area contributed by atoms with E-state index in [-0.39, 0.29) is 28.4 Å². The second kappa shape index (κ2) is 10.1. The molecule has 1 aliphatic rings. The number of rotatable bonds is 6. The number of quaternary nitrogens is 1. The molecule has 172 valence electrons. The molecule has 3 N–H and O–H groups in total. The molecule has 33 heavy (non-hydrogen) atoms. The van der Waals surface area contributed by atoms with Crippen LogP contribution in [-0.2, 0) is 0 Å². The van der Waals surface area contributed by atoms with Gasteiger partial charge >= 0.3 is 0 Å². The number of nitrogens with one attached hydrogen (secondary N) is 1. The van der Waals surface area contributed by atoms with Gasteiger partial charge in [0.25, 0.3) is 0 Å². The number of halogens is 1. The summed E-state index contributed by atoms with van der Waals surface area (Å²) in [6.07, 6.45) is 1.47. The molecular weight excluding hydrogens is 438 g/mol. The third kappa shape index (κ3) is 5.18. The van der Waals surface area contributed by atoms with Gasteiger partial charge in [0.15, 0.2) is 11.6 Å². The number of benzene rings is 3. The van der Waals surface area contributed by atoms with Crippen molar-refractivity contribution in [2.75, 3.05) is 51.7 Å². The van der Waals surface area contributed by atoms with Crippen molar-refractivity contribution < 1.29 is 18.8 Å². The highest BCUT2D eigenvalue weighted by Crippen LogP contribution is 2.41. The fraction of sp³-hybridized carbons (Fsp3) is 0.231. The first-order valence-corrected chi connectivity index (χ1v) is 11.3. The Morgan fingerprint density at radius 1 is 0.879 bits per heavy atom. The molecule has 1 aliphatic carbocycles. The molecule has 0 fully saturated rings. The summed E-state index contributed by atoms with van der Waals surface area (Å²) in [6, 6.07) is 18.0. The monoisotopic (exact) mass is 466 g/mol. The average molecular weight is 467 g/mol. The summed E-state index contributed by atoms with van der Waals surface area (Å²) < 4.78 is 6.71. The lowest BCUT2D eigenvalue weighted by atomic mass is 9.82. The van der Waals surface area contributed by atoms with Crippen molar-refractivity contribution >= 4 is 40.2 Å². The van der Waals surface area contributed by atoms with Gasteiger partial charge in [-0.25, -0.2) is 0 Å². The minimum absolute atomic E-state index is 0.197. The van der Waals surface area contributed by atoms with Gasteiger partial charge in [0.2, 0.25) is 0 Å². The molecule has 3 aromatic rings. The molecule has 0 amide bonds. The maximum atomic E-state index is 13.4. The van der Waals surface area contributed by atoms with Crippen molar-refractivity contribution in [3.63, 3.8) is 0 Å².